The minimum atomic E-state index is -0.250. The van der Waals surface area contributed by atoms with Gasteiger partial charge in [-0.25, -0.2) is 4.79 Å². The van der Waals surface area contributed by atoms with Crippen molar-refractivity contribution in [3.63, 3.8) is 0 Å². The quantitative estimate of drug-likeness (QED) is 0.572. The van der Waals surface area contributed by atoms with Crippen molar-refractivity contribution in [2.45, 2.75) is 52.0 Å². The van der Waals surface area contributed by atoms with Crippen LogP contribution in [0.1, 0.15) is 46.0 Å². The van der Waals surface area contributed by atoms with Gasteiger partial charge in [-0.1, -0.05) is 25.3 Å². The SMILES string of the molecule is CCOC(=O)/C=C/CNC(C)C1CCCCC1. The zero-order chi connectivity index (χ0) is 12.5. The standard InChI is InChI=1S/C14H25NO2/c1-3-17-14(16)10-7-11-15-12(2)13-8-5-4-6-9-13/h7,10,12-13,15H,3-6,8-9,11H2,1-2H3/b10-7+. The highest BCUT2D eigenvalue weighted by molar-refractivity contribution is 5.81. The van der Waals surface area contributed by atoms with Gasteiger partial charge in [-0.05, 0) is 32.6 Å². The fourth-order valence-electron chi connectivity index (χ4n) is 2.40. The van der Waals surface area contributed by atoms with Crippen LogP contribution in [-0.4, -0.2) is 25.2 Å². The maximum Gasteiger partial charge on any atom is 0.330 e. The molecule has 1 N–H and O–H groups in total. The van der Waals surface area contributed by atoms with Gasteiger partial charge in [-0.15, -0.1) is 0 Å². The molecule has 1 fully saturated rings. The van der Waals surface area contributed by atoms with Crippen molar-refractivity contribution in [3.8, 4) is 0 Å². The van der Waals surface area contributed by atoms with Gasteiger partial charge < -0.3 is 10.1 Å². The molecule has 0 radical (unpaired) electrons. The molecule has 3 heteroatoms. The van der Waals surface area contributed by atoms with Crippen LogP contribution in [0, 0.1) is 5.92 Å². The van der Waals surface area contributed by atoms with Crippen molar-refractivity contribution < 1.29 is 9.53 Å². The van der Waals surface area contributed by atoms with E-state index in [1.807, 2.05) is 13.0 Å². The Labute approximate surface area is 105 Å². The van der Waals surface area contributed by atoms with Crippen LogP contribution >= 0.6 is 0 Å². The lowest BCUT2D eigenvalue weighted by Crippen LogP contribution is -2.34. The van der Waals surface area contributed by atoms with E-state index in [9.17, 15) is 4.79 Å². The lowest BCUT2D eigenvalue weighted by Gasteiger charge is -2.28. The van der Waals surface area contributed by atoms with Crippen LogP contribution in [0.5, 0.6) is 0 Å². The van der Waals surface area contributed by atoms with E-state index in [1.165, 1.54) is 38.2 Å². The molecule has 0 aromatic rings. The molecular weight excluding hydrogens is 214 g/mol. The number of hydrogen-bond donors (Lipinski definition) is 1. The van der Waals surface area contributed by atoms with Gasteiger partial charge in [0.25, 0.3) is 0 Å². The molecule has 0 saturated heterocycles. The predicted molar refractivity (Wildman–Crippen MR) is 69.8 cm³/mol. The van der Waals surface area contributed by atoms with Crippen LogP contribution < -0.4 is 5.32 Å². The van der Waals surface area contributed by atoms with Gasteiger partial charge in [0.1, 0.15) is 0 Å². The molecule has 3 nitrogen and oxygen atoms in total. The highest BCUT2D eigenvalue weighted by Gasteiger charge is 2.18. The van der Waals surface area contributed by atoms with Crippen molar-refractivity contribution >= 4 is 5.97 Å². The van der Waals surface area contributed by atoms with Crippen molar-refractivity contribution in [3.05, 3.63) is 12.2 Å². The Bertz CT molecular complexity index is 245. The van der Waals surface area contributed by atoms with E-state index in [4.69, 9.17) is 4.74 Å². The summed E-state index contributed by atoms with van der Waals surface area (Å²) in [5.74, 6) is 0.555. The summed E-state index contributed by atoms with van der Waals surface area (Å²) >= 11 is 0. The van der Waals surface area contributed by atoms with Crippen LogP contribution in [-0.2, 0) is 9.53 Å². The number of ether oxygens (including phenoxy) is 1. The van der Waals surface area contributed by atoms with E-state index < -0.39 is 0 Å². The van der Waals surface area contributed by atoms with E-state index in [2.05, 4.69) is 12.2 Å². The van der Waals surface area contributed by atoms with Crippen molar-refractivity contribution in [1.82, 2.24) is 5.32 Å². The normalized spacial score (nSPS) is 19.4. The molecule has 1 atom stereocenters. The topological polar surface area (TPSA) is 38.3 Å². The number of hydrogen-bond acceptors (Lipinski definition) is 3. The molecule has 0 aliphatic heterocycles. The fourth-order valence-corrected chi connectivity index (χ4v) is 2.40. The third kappa shape index (κ3) is 5.87. The Morgan fingerprint density at radius 1 is 1.41 bits per heavy atom. The molecule has 17 heavy (non-hydrogen) atoms. The summed E-state index contributed by atoms with van der Waals surface area (Å²) in [5, 5.41) is 3.46. The smallest absolute Gasteiger partial charge is 0.330 e. The lowest BCUT2D eigenvalue weighted by atomic mass is 9.84. The van der Waals surface area contributed by atoms with E-state index in [0.717, 1.165) is 12.5 Å². The van der Waals surface area contributed by atoms with Crippen LogP contribution in [0.15, 0.2) is 12.2 Å². The van der Waals surface area contributed by atoms with Crippen LogP contribution in [0.25, 0.3) is 0 Å². The van der Waals surface area contributed by atoms with E-state index in [-0.39, 0.29) is 5.97 Å². The summed E-state index contributed by atoms with van der Waals surface area (Å²) in [6.45, 7) is 5.24. The molecule has 0 spiro atoms. The van der Waals surface area contributed by atoms with Crippen LogP contribution in [0.4, 0.5) is 0 Å². The third-order valence-corrected chi connectivity index (χ3v) is 3.46. The van der Waals surface area contributed by atoms with Crippen LogP contribution in [0.3, 0.4) is 0 Å². The third-order valence-electron chi connectivity index (χ3n) is 3.46. The summed E-state index contributed by atoms with van der Waals surface area (Å²) in [5.41, 5.74) is 0. The van der Waals surface area contributed by atoms with E-state index in [1.54, 1.807) is 0 Å². The summed E-state index contributed by atoms with van der Waals surface area (Å²) in [6.07, 6.45) is 10.2. The molecule has 0 amide bonds. The van der Waals surface area contributed by atoms with Gasteiger partial charge in [0, 0.05) is 18.7 Å². The second-order valence-corrected chi connectivity index (χ2v) is 4.75. The van der Waals surface area contributed by atoms with E-state index >= 15 is 0 Å². The Kier molecular flexibility index (Phi) is 6.94. The number of carbonyl (C=O) groups is 1. The molecule has 0 heterocycles. The molecule has 1 unspecified atom stereocenters. The number of esters is 1. The largest absolute Gasteiger partial charge is 0.463 e. The maximum atomic E-state index is 11.1. The average Bonchev–Trinajstić information content (AvgIpc) is 2.36. The molecule has 98 valence electrons. The Morgan fingerprint density at radius 3 is 2.76 bits per heavy atom. The summed E-state index contributed by atoms with van der Waals surface area (Å²) in [7, 11) is 0. The maximum absolute atomic E-state index is 11.1. The first-order valence-electron chi connectivity index (χ1n) is 6.80. The number of rotatable bonds is 6. The van der Waals surface area contributed by atoms with Crippen molar-refractivity contribution in [1.29, 1.82) is 0 Å². The van der Waals surface area contributed by atoms with E-state index in [0.29, 0.717) is 12.6 Å². The van der Waals surface area contributed by atoms with Crippen molar-refractivity contribution in [2.75, 3.05) is 13.2 Å². The molecule has 1 rings (SSSR count). The first-order valence-corrected chi connectivity index (χ1v) is 6.80. The highest BCUT2D eigenvalue weighted by Crippen LogP contribution is 2.26. The molecule has 1 saturated carbocycles. The average molecular weight is 239 g/mol. The summed E-state index contributed by atoms with van der Waals surface area (Å²) in [6, 6.07) is 0.544. The Hall–Kier alpha value is -0.830. The van der Waals surface area contributed by atoms with Crippen molar-refractivity contribution in [2.24, 2.45) is 5.92 Å². The molecule has 0 aromatic heterocycles. The molecular formula is C14H25NO2. The minimum Gasteiger partial charge on any atom is -0.463 e. The molecule has 1 aliphatic carbocycles. The molecule has 0 bridgehead atoms. The van der Waals surface area contributed by atoms with Gasteiger partial charge >= 0.3 is 5.97 Å². The van der Waals surface area contributed by atoms with Crippen LogP contribution in [0.2, 0.25) is 0 Å². The van der Waals surface area contributed by atoms with Gasteiger partial charge in [0.2, 0.25) is 0 Å². The van der Waals surface area contributed by atoms with Gasteiger partial charge in [-0.3, -0.25) is 0 Å². The highest BCUT2D eigenvalue weighted by atomic mass is 16.5. The second kappa shape index (κ2) is 8.29. The molecule has 0 aromatic carbocycles. The lowest BCUT2D eigenvalue weighted by molar-refractivity contribution is -0.137. The van der Waals surface area contributed by atoms with Gasteiger partial charge in [-0.2, -0.15) is 0 Å². The predicted octanol–water partition coefficient (Wildman–Crippen LogP) is 2.66. The summed E-state index contributed by atoms with van der Waals surface area (Å²) < 4.78 is 4.81. The first-order chi connectivity index (χ1) is 8.24. The second-order valence-electron chi connectivity index (χ2n) is 4.75. The zero-order valence-corrected chi connectivity index (χ0v) is 11.1. The zero-order valence-electron chi connectivity index (χ0n) is 11.1. The summed E-state index contributed by atoms with van der Waals surface area (Å²) in [4.78, 5) is 11.1. The Morgan fingerprint density at radius 2 is 2.12 bits per heavy atom. The number of carbonyl (C=O) groups excluding carboxylic acids is 1. The Balaban J connectivity index is 2.14. The first kappa shape index (κ1) is 14.2. The fraction of sp³-hybridized carbons (Fsp3) is 0.786. The number of nitrogens with one attached hydrogen (secondary N) is 1. The molecule has 1 aliphatic rings. The van der Waals surface area contributed by atoms with Gasteiger partial charge in [0.05, 0.1) is 6.61 Å². The minimum absolute atomic E-state index is 0.250. The van der Waals surface area contributed by atoms with Gasteiger partial charge in [0.15, 0.2) is 0 Å². The monoisotopic (exact) mass is 239 g/mol.